The lowest BCUT2D eigenvalue weighted by molar-refractivity contribution is 0.0523. The molecular weight excluding hydrogens is 238 g/mol. The van der Waals surface area contributed by atoms with Crippen LogP contribution >= 0.6 is 0 Å². The fourth-order valence-electron chi connectivity index (χ4n) is 2.76. The maximum atomic E-state index is 9.54. The second kappa shape index (κ2) is 4.78. The molecule has 100 valence electrons. The first-order chi connectivity index (χ1) is 9.22. The Morgan fingerprint density at radius 3 is 2.63 bits per heavy atom. The lowest BCUT2D eigenvalue weighted by Gasteiger charge is -2.43. The molecule has 1 heterocycles. The summed E-state index contributed by atoms with van der Waals surface area (Å²) in [6, 6.07) is 7.88. The fourth-order valence-corrected chi connectivity index (χ4v) is 2.76. The number of hydrogen-bond acceptors (Lipinski definition) is 4. The average molecular weight is 257 g/mol. The van der Waals surface area contributed by atoms with Crippen LogP contribution in [0.1, 0.15) is 19.3 Å². The molecule has 1 saturated carbocycles. The van der Waals surface area contributed by atoms with Gasteiger partial charge in [0.1, 0.15) is 5.82 Å². The van der Waals surface area contributed by atoms with E-state index in [0.717, 1.165) is 36.2 Å². The standard InChI is InChI=1S/C15H19N3O/c1-18(10-15(11-19)7-4-8-15)14-9-16-12-5-2-3-6-13(12)17-14/h2-3,5-6,9,19H,4,7-8,10-11H2,1H3. The Morgan fingerprint density at radius 1 is 1.26 bits per heavy atom. The third-order valence-corrected chi connectivity index (χ3v) is 4.15. The van der Waals surface area contributed by atoms with E-state index in [-0.39, 0.29) is 12.0 Å². The summed E-state index contributed by atoms with van der Waals surface area (Å²) < 4.78 is 0. The minimum atomic E-state index is 0.0715. The van der Waals surface area contributed by atoms with E-state index in [9.17, 15) is 5.11 Å². The van der Waals surface area contributed by atoms with Crippen molar-refractivity contribution < 1.29 is 5.11 Å². The Balaban J connectivity index is 1.83. The number of fused-ring (bicyclic) bond motifs is 1. The summed E-state index contributed by atoms with van der Waals surface area (Å²) in [6.07, 6.45) is 5.24. The smallest absolute Gasteiger partial charge is 0.147 e. The molecule has 0 aliphatic heterocycles. The van der Waals surface area contributed by atoms with Crippen LogP contribution in [0.2, 0.25) is 0 Å². The fraction of sp³-hybridized carbons (Fsp3) is 0.467. The molecule has 0 atom stereocenters. The van der Waals surface area contributed by atoms with Gasteiger partial charge in [0.15, 0.2) is 0 Å². The van der Waals surface area contributed by atoms with Crippen LogP contribution in [0.15, 0.2) is 30.5 Å². The second-order valence-electron chi connectivity index (χ2n) is 5.58. The van der Waals surface area contributed by atoms with Gasteiger partial charge in [-0.25, -0.2) is 4.98 Å². The number of aliphatic hydroxyl groups is 1. The zero-order valence-electron chi connectivity index (χ0n) is 11.2. The predicted molar refractivity (Wildman–Crippen MR) is 76.2 cm³/mol. The van der Waals surface area contributed by atoms with E-state index in [1.54, 1.807) is 0 Å². The molecule has 4 nitrogen and oxygen atoms in total. The van der Waals surface area contributed by atoms with Crippen molar-refractivity contribution in [3.8, 4) is 0 Å². The van der Waals surface area contributed by atoms with Crippen LogP contribution in [-0.2, 0) is 0 Å². The highest BCUT2D eigenvalue weighted by atomic mass is 16.3. The summed E-state index contributed by atoms with van der Waals surface area (Å²) in [5, 5.41) is 9.54. The van der Waals surface area contributed by atoms with Gasteiger partial charge in [0.2, 0.25) is 0 Å². The second-order valence-corrected chi connectivity index (χ2v) is 5.58. The molecule has 1 N–H and O–H groups in total. The molecule has 0 amide bonds. The minimum absolute atomic E-state index is 0.0715. The number of aliphatic hydroxyl groups excluding tert-OH is 1. The molecule has 1 aromatic carbocycles. The molecule has 19 heavy (non-hydrogen) atoms. The Hall–Kier alpha value is -1.68. The molecule has 0 saturated heterocycles. The zero-order chi connectivity index (χ0) is 13.3. The largest absolute Gasteiger partial charge is 0.396 e. The summed E-state index contributed by atoms with van der Waals surface area (Å²) in [5.41, 5.74) is 1.90. The number of rotatable bonds is 4. The van der Waals surface area contributed by atoms with Gasteiger partial charge in [0.25, 0.3) is 0 Å². The molecule has 1 aromatic heterocycles. The zero-order valence-corrected chi connectivity index (χ0v) is 11.2. The van der Waals surface area contributed by atoms with E-state index in [2.05, 4.69) is 14.9 Å². The quantitative estimate of drug-likeness (QED) is 0.912. The van der Waals surface area contributed by atoms with Crippen LogP contribution in [0, 0.1) is 5.41 Å². The van der Waals surface area contributed by atoms with Gasteiger partial charge in [-0.05, 0) is 25.0 Å². The number of benzene rings is 1. The third-order valence-electron chi connectivity index (χ3n) is 4.15. The molecule has 0 bridgehead atoms. The average Bonchev–Trinajstić information content (AvgIpc) is 2.42. The number of nitrogens with zero attached hydrogens (tertiary/aromatic N) is 3. The lowest BCUT2D eigenvalue weighted by Crippen LogP contribution is -2.43. The predicted octanol–water partition coefficient (Wildman–Crippen LogP) is 2.23. The van der Waals surface area contributed by atoms with Crippen molar-refractivity contribution in [1.82, 2.24) is 9.97 Å². The van der Waals surface area contributed by atoms with Crippen molar-refractivity contribution >= 4 is 16.9 Å². The normalized spacial score (nSPS) is 17.2. The number of para-hydroxylation sites is 2. The molecular formula is C15H19N3O. The van der Waals surface area contributed by atoms with Crippen molar-refractivity contribution in [3.05, 3.63) is 30.5 Å². The van der Waals surface area contributed by atoms with Crippen molar-refractivity contribution in [2.75, 3.05) is 25.1 Å². The maximum Gasteiger partial charge on any atom is 0.147 e. The van der Waals surface area contributed by atoms with Gasteiger partial charge in [-0.15, -0.1) is 0 Å². The van der Waals surface area contributed by atoms with Crippen LogP contribution in [0.5, 0.6) is 0 Å². The van der Waals surface area contributed by atoms with Crippen LogP contribution in [-0.4, -0.2) is 35.3 Å². The summed E-state index contributed by atoms with van der Waals surface area (Å²) >= 11 is 0. The number of anilines is 1. The lowest BCUT2D eigenvalue weighted by atomic mass is 9.69. The molecule has 1 aliphatic carbocycles. The molecule has 0 spiro atoms. The van der Waals surface area contributed by atoms with Gasteiger partial charge < -0.3 is 10.0 Å². The van der Waals surface area contributed by atoms with E-state index >= 15 is 0 Å². The number of hydrogen-bond donors (Lipinski definition) is 1. The topological polar surface area (TPSA) is 49.2 Å². The molecule has 2 aromatic rings. The summed E-state index contributed by atoms with van der Waals surface area (Å²) in [4.78, 5) is 11.2. The van der Waals surface area contributed by atoms with Gasteiger partial charge in [-0.3, -0.25) is 4.98 Å². The van der Waals surface area contributed by atoms with Crippen molar-refractivity contribution in [3.63, 3.8) is 0 Å². The minimum Gasteiger partial charge on any atom is -0.396 e. The van der Waals surface area contributed by atoms with Gasteiger partial charge >= 0.3 is 0 Å². The Kier molecular flexibility index (Phi) is 3.11. The van der Waals surface area contributed by atoms with Crippen LogP contribution in [0.3, 0.4) is 0 Å². The van der Waals surface area contributed by atoms with Crippen molar-refractivity contribution in [2.24, 2.45) is 5.41 Å². The summed E-state index contributed by atoms with van der Waals surface area (Å²) in [6.45, 7) is 1.11. The summed E-state index contributed by atoms with van der Waals surface area (Å²) in [5.74, 6) is 0.874. The highest BCUT2D eigenvalue weighted by molar-refractivity contribution is 5.75. The Bertz CT molecular complexity index is 575. The van der Waals surface area contributed by atoms with Crippen LogP contribution in [0.25, 0.3) is 11.0 Å². The Labute approximate surface area is 113 Å². The van der Waals surface area contributed by atoms with Crippen molar-refractivity contribution in [2.45, 2.75) is 19.3 Å². The van der Waals surface area contributed by atoms with Gasteiger partial charge in [-0.1, -0.05) is 18.6 Å². The van der Waals surface area contributed by atoms with Gasteiger partial charge in [0.05, 0.1) is 23.8 Å². The highest BCUT2D eigenvalue weighted by Crippen LogP contribution is 2.41. The first-order valence-corrected chi connectivity index (χ1v) is 6.76. The van der Waals surface area contributed by atoms with E-state index in [0.29, 0.717) is 0 Å². The number of aromatic nitrogens is 2. The molecule has 0 unspecified atom stereocenters. The maximum absolute atomic E-state index is 9.54. The molecule has 4 heteroatoms. The molecule has 1 fully saturated rings. The van der Waals surface area contributed by atoms with E-state index < -0.39 is 0 Å². The van der Waals surface area contributed by atoms with Gasteiger partial charge in [-0.2, -0.15) is 0 Å². The van der Waals surface area contributed by atoms with E-state index in [4.69, 9.17) is 0 Å². The molecule has 1 aliphatic rings. The summed E-state index contributed by atoms with van der Waals surface area (Å²) in [7, 11) is 2.02. The van der Waals surface area contributed by atoms with Crippen LogP contribution < -0.4 is 4.90 Å². The Morgan fingerprint density at radius 2 is 2.00 bits per heavy atom. The third kappa shape index (κ3) is 2.28. The van der Waals surface area contributed by atoms with E-state index in [1.807, 2.05) is 37.5 Å². The first-order valence-electron chi connectivity index (χ1n) is 6.76. The highest BCUT2D eigenvalue weighted by Gasteiger charge is 2.37. The van der Waals surface area contributed by atoms with Crippen molar-refractivity contribution in [1.29, 1.82) is 0 Å². The van der Waals surface area contributed by atoms with Gasteiger partial charge in [0, 0.05) is 19.0 Å². The van der Waals surface area contributed by atoms with E-state index in [1.165, 1.54) is 6.42 Å². The molecule has 0 radical (unpaired) electrons. The SMILES string of the molecule is CN(CC1(CO)CCC1)c1cnc2ccccc2n1. The molecule has 3 rings (SSSR count). The van der Waals surface area contributed by atoms with Crippen LogP contribution in [0.4, 0.5) is 5.82 Å². The monoisotopic (exact) mass is 257 g/mol. The first kappa shape index (κ1) is 12.4.